The van der Waals surface area contributed by atoms with Crippen LogP contribution in [0.25, 0.3) is 0 Å². The van der Waals surface area contributed by atoms with Gasteiger partial charge in [0.15, 0.2) is 0 Å². The van der Waals surface area contributed by atoms with E-state index in [1.807, 2.05) is 13.8 Å². The molecule has 0 aliphatic heterocycles. The van der Waals surface area contributed by atoms with Gasteiger partial charge in [-0.25, -0.2) is 4.79 Å². The number of carboxylic acids is 1. The average molecular weight is 265 g/mol. The molecule has 0 bridgehead atoms. The van der Waals surface area contributed by atoms with Crippen molar-refractivity contribution in [3.05, 3.63) is 23.8 Å². The molecule has 104 valence electrons. The molecule has 6 nitrogen and oxygen atoms in total. The normalized spacial score (nSPS) is 10.0. The van der Waals surface area contributed by atoms with Gasteiger partial charge in [0.2, 0.25) is 5.91 Å². The number of rotatable bonds is 6. The molecule has 0 aliphatic carbocycles. The second-order valence-electron chi connectivity index (χ2n) is 4.03. The van der Waals surface area contributed by atoms with Gasteiger partial charge < -0.3 is 21.1 Å². The Morgan fingerprint density at radius 2 is 1.95 bits per heavy atom. The fraction of sp³-hybridized carbons (Fsp3) is 0.385. The largest absolute Gasteiger partial charge is 0.478 e. The van der Waals surface area contributed by atoms with Gasteiger partial charge in [0.05, 0.1) is 17.8 Å². The Bertz CT molecular complexity index is 470. The zero-order valence-electron chi connectivity index (χ0n) is 11.1. The first-order valence-electron chi connectivity index (χ1n) is 6.14. The van der Waals surface area contributed by atoms with Crippen LogP contribution in [0, 0.1) is 0 Å². The van der Waals surface area contributed by atoms with Gasteiger partial charge in [0.1, 0.15) is 0 Å². The van der Waals surface area contributed by atoms with E-state index in [2.05, 4.69) is 5.32 Å². The molecular formula is C13H19N3O3. The van der Waals surface area contributed by atoms with Gasteiger partial charge in [-0.3, -0.25) is 4.79 Å². The minimum Gasteiger partial charge on any atom is -0.478 e. The molecule has 0 fully saturated rings. The fourth-order valence-electron chi connectivity index (χ4n) is 1.75. The summed E-state index contributed by atoms with van der Waals surface area (Å²) in [5.41, 5.74) is 6.52. The van der Waals surface area contributed by atoms with Crippen molar-refractivity contribution >= 4 is 23.3 Å². The van der Waals surface area contributed by atoms with Crippen LogP contribution in [0.15, 0.2) is 18.2 Å². The summed E-state index contributed by atoms with van der Waals surface area (Å²) in [4.78, 5) is 24.5. The Morgan fingerprint density at radius 3 is 2.47 bits per heavy atom. The number of likely N-dealkylation sites (N-methyl/N-ethyl adjacent to an activating group) is 1. The third kappa shape index (κ3) is 3.87. The first-order chi connectivity index (χ1) is 8.99. The summed E-state index contributed by atoms with van der Waals surface area (Å²) in [5.74, 6) is -1.14. The Balaban J connectivity index is 2.79. The average Bonchev–Trinajstić information content (AvgIpc) is 2.37. The second kappa shape index (κ2) is 6.63. The highest BCUT2D eigenvalue weighted by Gasteiger charge is 2.13. The Kier molecular flexibility index (Phi) is 5.17. The van der Waals surface area contributed by atoms with Crippen molar-refractivity contribution in [2.24, 2.45) is 0 Å². The van der Waals surface area contributed by atoms with Crippen molar-refractivity contribution in [2.75, 3.05) is 30.7 Å². The highest BCUT2D eigenvalue weighted by molar-refractivity contribution is 5.95. The number of anilines is 2. The van der Waals surface area contributed by atoms with E-state index in [4.69, 9.17) is 10.8 Å². The summed E-state index contributed by atoms with van der Waals surface area (Å²) in [7, 11) is 0. The lowest BCUT2D eigenvalue weighted by Crippen LogP contribution is -2.35. The van der Waals surface area contributed by atoms with Gasteiger partial charge in [0, 0.05) is 18.8 Å². The maximum absolute atomic E-state index is 11.8. The van der Waals surface area contributed by atoms with Crippen LogP contribution in [0.5, 0.6) is 0 Å². The van der Waals surface area contributed by atoms with Gasteiger partial charge >= 0.3 is 5.97 Å². The Hall–Kier alpha value is -2.24. The van der Waals surface area contributed by atoms with E-state index in [-0.39, 0.29) is 18.0 Å². The molecule has 0 atom stereocenters. The maximum Gasteiger partial charge on any atom is 0.337 e. The molecule has 0 radical (unpaired) electrons. The zero-order valence-corrected chi connectivity index (χ0v) is 11.1. The quantitative estimate of drug-likeness (QED) is 0.673. The van der Waals surface area contributed by atoms with Gasteiger partial charge in [0.25, 0.3) is 0 Å². The summed E-state index contributed by atoms with van der Waals surface area (Å²) >= 11 is 0. The highest BCUT2D eigenvalue weighted by atomic mass is 16.4. The molecule has 0 spiro atoms. The van der Waals surface area contributed by atoms with E-state index >= 15 is 0 Å². The number of benzene rings is 1. The molecule has 0 unspecified atom stereocenters. The molecule has 19 heavy (non-hydrogen) atoms. The molecule has 0 saturated carbocycles. The molecule has 0 aromatic heterocycles. The third-order valence-corrected chi connectivity index (χ3v) is 2.82. The number of nitrogen functional groups attached to an aromatic ring is 1. The van der Waals surface area contributed by atoms with Crippen molar-refractivity contribution in [3.63, 3.8) is 0 Å². The maximum atomic E-state index is 11.8. The molecule has 1 aromatic carbocycles. The molecule has 1 aromatic rings. The van der Waals surface area contributed by atoms with E-state index in [0.717, 1.165) is 0 Å². The number of carbonyl (C=O) groups excluding carboxylic acids is 1. The minimum atomic E-state index is -1.06. The van der Waals surface area contributed by atoms with Crippen molar-refractivity contribution < 1.29 is 14.7 Å². The molecule has 0 aliphatic rings. The Morgan fingerprint density at radius 1 is 1.32 bits per heavy atom. The third-order valence-electron chi connectivity index (χ3n) is 2.82. The van der Waals surface area contributed by atoms with E-state index in [9.17, 15) is 9.59 Å². The first kappa shape index (κ1) is 14.8. The predicted molar refractivity (Wildman–Crippen MR) is 74.2 cm³/mol. The number of amides is 1. The number of aromatic carboxylic acids is 1. The molecule has 1 rings (SSSR count). The topological polar surface area (TPSA) is 95.7 Å². The SMILES string of the molecule is CCN(CC)C(=O)CNc1cc(N)ccc1C(=O)O. The van der Waals surface area contributed by atoms with Gasteiger partial charge in [-0.05, 0) is 32.0 Å². The lowest BCUT2D eigenvalue weighted by molar-refractivity contribution is -0.128. The number of nitrogens with one attached hydrogen (secondary N) is 1. The van der Waals surface area contributed by atoms with Crippen LogP contribution < -0.4 is 11.1 Å². The Labute approximate surface area is 112 Å². The van der Waals surface area contributed by atoms with Crippen LogP contribution in [0.3, 0.4) is 0 Å². The molecule has 0 saturated heterocycles. The minimum absolute atomic E-state index is 0.0470. The zero-order chi connectivity index (χ0) is 14.4. The van der Waals surface area contributed by atoms with Gasteiger partial charge in [-0.2, -0.15) is 0 Å². The second-order valence-corrected chi connectivity index (χ2v) is 4.03. The van der Waals surface area contributed by atoms with Crippen molar-refractivity contribution in [3.8, 4) is 0 Å². The van der Waals surface area contributed by atoms with Crippen LogP contribution in [-0.2, 0) is 4.79 Å². The van der Waals surface area contributed by atoms with E-state index in [0.29, 0.717) is 24.5 Å². The molecule has 0 heterocycles. The van der Waals surface area contributed by atoms with E-state index < -0.39 is 5.97 Å². The van der Waals surface area contributed by atoms with Gasteiger partial charge in [-0.1, -0.05) is 0 Å². The van der Waals surface area contributed by atoms with Crippen LogP contribution in [0.4, 0.5) is 11.4 Å². The molecular weight excluding hydrogens is 246 g/mol. The lowest BCUT2D eigenvalue weighted by Gasteiger charge is -2.19. The number of carbonyl (C=O) groups is 2. The lowest BCUT2D eigenvalue weighted by atomic mass is 10.1. The highest BCUT2D eigenvalue weighted by Crippen LogP contribution is 2.19. The van der Waals surface area contributed by atoms with Crippen molar-refractivity contribution in [1.82, 2.24) is 4.90 Å². The summed E-state index contributed by atoms with van der Waals surface area (Å²) in [6, 6.07) is 4.45. The van der Waals surface area contributed by atoms with Crippen molar-refractivity contribution in [2.45, 2.75) is 13.8 Å². The van der Waals surface area contributed by atoms with E-state index in [1.54, 1.807) is 4.90 Å². The first-order valence-corrected chi connectivity index (χ1v) is 6.14. The number of hydrogen-bond donors (Lipinski definition) is 3. The van der Waals surface area contributed by atoms with Crippen LogP contribution in [0.2, 0.25) is 0 Å². The van der Waals surface area contributed by atoms with Crippen molar-refractivity contribution in [1.29, 1.82) is 0 Å². The van der Waals surface area contributed by atoms with Crippen LogP contribution in [0.1, 0.15) is 24.2 Å². The molecule has 1 amide bonds. The number of nitrogens with zero attached hydrogens (tertiary/aromatic N) is 1. The standard InChI is InChI=1S/C13H19N3O3/c1-3-16(4-2)12(17)8-15-11-7-9(14)5-6-10(11)13(18)19/h5-7,15H,3-4,8,14H2,1-2H3,(H,18,19). The summed E-state index contributed by atoms with van der Waals surface area (Å²) < 4.78 is 0. The van der Waals surface area contributed by atoms with Crippen LogP contribution in [-0.4, -0.2) is 41.5 Å². The number of nitrogens with two attached hydrogens (primary N) is 1. The summed E-state index contributed by atoms with van der Waals surface area (Å²) in [6.07, 6.45) is 0. The van der Waals surface area contributed by atoms with Crippen LogP contribution >= 0.6 is 0 Å². The number of carboxylic acid groups (broad SMARTS) is 1. The number of hydrogen-bond acceptors (Lipinski definition) is 4. The summed E-state index contributed by atoms with van der Waals surface area (Å²) in [5, 5.41) is 11.9. The smallest absolute Gasteiger partial charge is 0.337 e. The monoisotopic (exact) mass is 265 g/mol. The van der Waals surface area contributed by atoms with E-state index in [1.165, 1.54) is 18.2 Å². The molecule has 4 N–H and O–H groups in total. The fourth-order valence-corrected chi connectivity index (χ4v) is 1.75. The molecule has 6 heteroatoms. The summed E-state index contributed by atoms with van der Waals surface area (Å²) in [6.45, 7) is 5.08. The predicted octanol–water partition coefficient (Wildman–Crippen LogP) is 1.25. The van der Waals surface area contributed by atoms with Gasteiger partial charge in [-0.15, -0.1) is 0 Å².